The topological polar surface area (TPSA) is 75.3 Å². The summed E-state index contributed by atoms with van der Waals surface area (Å²) in [7, 11) is -3.62. The molecule has 1 fully saturated rings. The number of aryl methyl sites for hydroxylation is 1. The van der Waals surface area contributed by atoms with Gasteiger partial charge in [0, 0.05) is 18.5 Å². The van der Waals surface area contributed by atoms with Crippen LogP contribution in [0, 0.1) is 12.8 Å². The van der Waals surface area contributed by atoms with Gasteiger partial charge in [0.1, 0.15) is 4.75 Å². The van der Waals surface area contributed by atoms with Gasteiger partial charge in [0.15, 0.2) is 0 Å². The molecule has 0 heterocycles. The smallest absolute Gasteiger partial charge is 0.224 e. The Balaban J connectivity index is 1.31. The van der Waals surface area contributed by atoms with Crippen molar-refractivity contribution in [2.75, 3.05) is 6.54 Å². The van der Waals surface area contributed by atoms with E-state index in [4.69, 9.17) is 0 Å². The third-order valence-corrected chi connectivity index (χ3v) is 10.1. The van der Waals surface area contributed by atoms with Crippen LogP contribution in [0.2, 0.25) is 0 Å². The van der Waals surface area contributed by atoms with Crippen LogP contribution in [-0.4, -0.2) is 31.7 Å². The number of carbonyl (C=O) groups is 1. The number of sulfonamides is 1. The lowest BCUT2D eigenvalue weighted by atomic mass is 9.82. The van der Waals surface area contributed by atoms with Crippen LogP contribution in [0.5, 0.6) is 0 Å². The summed E-state index contributed by atoms with van der Waals surface area (Å²) in [5.41, 5.74) is 3.22. The monoisotopic (exact) mass is 506 g/mol. The van der Waals surface area contributed by atoms with Crippen LogP contribution in [0.25, 0.3) is 0 Å². The second-order valence-corrected chi connectivity index (χ2v) is 12.4. The van der Waals surface area contributed by atoms with E-state index in [0.29, 0.717) is 19.4 Å². The molecule has 1 saturated carbocycles. The average Bonchev–Trinajstić information content (AvgIpc) is 2.90. The Morgan fingerprint density at radius 1 is 1.00 bits per heavy atom. The lowest BCUT2D eigenvalue weighted by Gasteiger charge is -2.38. The number of nitrogens with one attached hydrogen (secondary N) is 2. The van der Waals surface area contributed by atoms with Gasteiger partial charge in [-0.25, -0.2) is 13.1 Å². The molecule has 0 spiro atoms. The van der Waals surface area contributed by atoms with Crippen LogP contribution in [0.4, 0.5) is 0 Å². The van der Waals surface area contributed by atoms with Gasteiger partial charge in [-0.15, -0.1) is 0 Å². The van der Waals surface area contributed by atoms with E-state index in [2.05, 4.69) is 10.0 Å². The lowest BCUT2D eigenvalue weighted by Crippen LogP contribution is -2.50. The first-order chi connectivity index (χ1) is 17.3. The number of allylic oxidation sites excluding steroid dienone is 3. The van der Waals surface area contributed by atoms with Gasteiger partial charge in [0.2, 0.25) is 15.9 Å². The van der Waals surface area contributed by atoms with E-state index in [1.165, 1.54) is 5.56 Å². The van der Waals surface area contributed by atoms with Crippen molar-refractivity contribution in [2.45, 2.75) is 69.1 Å². The Bertz CT molecular complexity index is 1180. The summed E-state index contributed by atoms with van der Waals surface area (Å²) in [4.78, 5) is 12.5. The standard InChI is InChI=1S/C30H38N2O3S/c1-23-11-13-25(14-12-23)21-29(33)32-28-17-15-26(16-18-28)22-31-36(34,35)30(19-7-4-8-20-30)24(2)27-9-5-3-6-10-27/h3-14,19,24,26,28,31H,15-18,20-22H2,1-2H3,(H,32,33)/t24?,26?,28?,30-/m0/s1. The van der Waals surface area contributed by atoms with Gasteiger partial charge < -0.3 is 5.32 Å². The quantitative estimate of drug-likeness (QED) is 0.491. The molecule has 1 unspecified atom stereocenters. The normalized spacial score (nSPS) is 24.8. The number of amides is 1. The van der Waals surface area contributed by atoms with Crippen molar-refractivity contribution in [1.29, 1.82) is 0 Å². The highest BCUT2D eigenvalue weighted by atomic mass is 32.2. The van der Waals surface area contributed by atoms with Crippen LogP contribution in [0.1, 0.15) is 61.6 Å². The summed E-state index contributed by atoms with van der Waals surface area (Å²) < 4.78 is 29.4. The Kier molecular flexibility index (Phi) is 8.47. The summed E-state index contributed by atoms with van der Waals surface area (Å²) in [5, 5.41) is 3.17. The molecule has 0 radical (unpaired) electrons. The number of hydrogen-bond donors (Lipinski definition) is 2. The highest BCUT2D eigenvalue weighted by Crippen LogP contribution is 2.40. The van der Waals surface area contributed by atoms with Crippen molar-refractivity contribution >= 4 is 15.9 Å². The molecule has 2 aliphatic rings. The molecular formula is C30H38N2O3S. The zero-order chi connectivity index (χ0) is 25.6. The maximum atomic E-state index is 13.7. The zero-order valence-electron chi connectivity index (χ0n) is 21.3. The molecular weight excluding hydrogens is 468 g/mol. The molecule has 0 bridgehead atoms. The van der Waals surface area contributed by atoms with Gasteiger partial charge in [0.05, 0.1) is 6.42 Å². The van der Waals surface area contributed by atoms with E-state index in [0.717, 1.165) is 36.8 Å². The predicted molar refractivity (Wildman–Crippen MR) is 146 cm³/mol. The number of rotatable bonds is 9. The minimum atomic E-state index is -3.62. The van der Waals surface area contributed by atoms with Crippen LogP contribution in [-0.2, 0) is 21.2 Å². The van der Waals surface area contributed by atoms with Crippen molar-refractivity contribution in [3.05, 3.63) is 95.6 Å². The van der Waals surface area contributed by atoms with E-state index in [9.17, 15) is 13.2 Å². The van der Waals surface area contributed by atoms with E-state index >= 15 is 0 Å². The Labute approximate surface area is 216 Å². The zero-order valence-corrected chi connectivity index (χ0v) is 22.1. The van der Waals surface area contributed by atoms with Crippen LogP contribution in [0.3, 0.4) is 0 Å². The Hall–Kier alpha value is -2.70. The fourth-order valence-corrected chi connectivity index (χ4v) is 7.34. The first kappa shape index (κ1) is 26.4. The molecule has 1 amide bonds. The van der Waals surface area contributed by atoms with Gasteiger partial charge in [-0.1, -0.05) is 91.4 Å². The largest absolute Gasteiger partial charge is 0.353 e. The Morgan fingerprint density at radius 3 is 2.33 bits per heavy atom. The third-order valence-electron chi connectivity index (χ3n) is 7.85. The second-order valence-electron chi connectivity index (χ2n) is 10.4. The highest BCUT2D eigenvalue weighted by molar-refractivity contribution is 7.91. The minimum Gasteiger partial charge on any atom is -0.353 e. The highest BCUT2D eigenvalue weighted by Gasteiger charge is 2.46. The molecule has 0 saturated heterocycles. The second kappa shape index (κ2) is 11.6. The molecule has 2 aliphatic carbocycles. The molecule has 6 heteroatoms. The third kappa shape index (κ3) is 6.16. The average molecular weight is 507 g/mol. The molecule has 0 aliphatic heterocycles. The first-order valence-corrected chi connectivity index (χ1v) is 14.5. The van der Waals surface area contributed by atoms with E-state index < -0.39 is 14.8 Å². The molecule has 4 rings (SSSR count). The fourth-order valence-electron chi connectivity index (χ4n) is 5.44. The van der Waals surface area contributed by atoms with Gasteiger partial charge in [0.25, 0.3) is 0 Å². The van der Waals surface area contributed by atoms with Crippen molar-refractivity contribution in [3.8, 4) is 0 Å². The molecule has 2 aromatic rings. The molecule has 2 aromatic carbocycles. The van der Waals surface area contributed by atoms with Gasteiger partial charge in [-0.05, 0) is 56.1 Å². The maximum absolute atomic E-state index is 13.7. The van der Waals surface area contributed by atoms with Crippen LogP contribution in [0.15, 0.2) is 78.9 Å². The molecule has 5 nitrogen and oxygen atoms in total. The van der Waals surface area contributed by atoms with Gasteiger partial charge in [-0.3, -0.25) is 4.79 Å². The molecule has 0 aromatic heterocycles. The van der Waals surface area contributed by atoms with Crippen molar-refractivity contribution in [1.82, 2.24) is 10.0 Å². The van der Waals surface area contributed by atoms with Crippen molar-refractivity contribution in [2.24, 2.45) is 5.92 Å². The summed E-state index contributed by atoms with van der Waals surface area (Å²) in [6, 6.07) is 18.1. The summed E-state index contributed by atoms with van der Waals surface area (Å²) in [6.45, 7) is 4.48. The van der Waals surface area contributed by atoms with Crippen molar-refractivity contribution in [3.63, 3.8) is 0 Å². The Morgan fingerprint density at radius 2 is 1.69 bits per heavy atom. The van der Waals surface area contributed by atoms with E-state index in [1.807, 2.05) is 92.7 Å². The number of benzene rings is 2. The summed E-state index contributed by atoms with van der Waals surface area (Å²) >= 11 is 0. The molecule has 192 valence electrons. The minimum absolute atomic E-state index is 0.0528. The first-order valence-electron chi connectivity index (χ1n) is 13.0. The van der Waals surface area contributed by atoms with Crippen LogP contribution < -0.4 is 10.0 Å². The predicted octanol–water partition coefficient (Wildman–Crippen LogP) is 5.19. The summed E-state index contributed by atoms with van der Waals surface area (Å²) in [5.74, 6) is 0.145. The molecule has 2 atom stereocenters. The maximum Gasteiger partial charge on any atom is 0.224 e. The van der Waals surface area contributed by atoms with E-state index in [-0.39, 0.29) is 23.8 Å². The fraction of sp³-hybridized carbons (Fsp3) is 0.433. The molecule has 36 heavy (non-hydrogen) atoms. The number of hydrogen-bond acceptors (Lipinski definition) is 3. The van der Waals surface area contributed by atoms with Gasteiger partial charge in [-0.2, -0.15) is 0 Å². The summed E-state index contributed by atoms with van der Waals surface area (Å²) in [6.07, 6.45) is 12.0. The van der Waals surface area contributed by atoms with Gasteiger partial charge >= 0.3 is 0 Å². The molecule has 2 N–H and O–H groups in total. The SMILES string of the molecule is Cc1ccc(CC(=O)NC2CCC(CNS(=O)(=O)[C@@]3(C(C)c4ccccc4)C=CC=CC3)CC2)cc1. The van der Waals surface area contributed by atoms with Crippen molar-refractivity contribution < 1.29 is 13.2 Å². The van der Waals surface area contributed by atoms with Crippen LogP contribution >= 0.6 is 0 Å². The lowest BCUT2D eigenvalue weighted by molar-refractivity contribution is -0.121. The van der Waals surface area contributed by atoms with E-state index in [1.54, 1.807) is 0 Å². The number of carbonyl (C=O) groups excluding carboxylic acids is 1.